The molecule has 23 rings (SSSR count). The molecule has 19 aromatic rings. The zero-order valence-corrected chi connectivity index (χ0v) is 63.8. The minimum atomic E-state index is -0.678. The number of benzene rings is 17. The van der Waals surface area contributed by atoms with Crippen LogP contribution >= 0.6 is 0 Å². The summed E-state index contributed by atoms with van der Waals surface area (Å²) < 4.78 is 14.3. The average Bonchev–Trinajstić information content (AvgIpc) is 1.14. The van der Waals surface area contributed by atoms with Crippen LogP contribution in [0.25, 0.3) is 66.1 Å². The van der Waals surface area contributed by atoms with Crippen LogP contribution in [0, 0.1) is 0 Å². The fourth-order valence-electron chi connectivity index (χ4n) is 20.3. The van der Waals surface area contributed by atoms with Crippen molar-refractivity contribution in [3.63, 3.8) is 0 Å². The molecule has 2 aromatic heterocycles. The van der Waals surface area contributed by atoms with Gasteiger partial charge >= 0.3 is 0 Å². The summed E-state index contributed by atoms with van der Waals surface area (Å²) in [5, 5.41) is 4.16. The van der Waals surface area contributed by atoms with Crippen LogP contribution in [0.3, 0.4) is 0 Å². The van der Waals surface area contributed by atoms with Gasteiger partial charge < -0.3 is 28.4 Å². The summed E-state index contributed by atoms with van der Waals surface area (Å²) in [4.78, 5) is 10.4. The Morgan fingerprint density at radius 3 is 0.922 bits per heavy atom. The van der Waals surface area contributed by atoms with Crippen LogP contribution in [0.15, 0.2) is 409 Å². The molecule has 7 heteroatoms. The zero-order chi connectivity index (χ0) is 76.3. The first-order valence-corrected chi connectivity index (χ1v) is 40.0. The highest BCUT2D eigenvalue weighted by molar-refractivity contribution is 7.00. The molecule has 0 spiro atoms. The van der Waals surface area contributed by atoms with Gasteiger partial charge in [0.1, 0.15) is 22.3 Å². The Morgan fingerprint density at radius 2 is 0.574 bits per heavy atom. The van der Waals surface area contributed by atoms with E-state index in [1.54, 1.807) is 0 Å². The lowest BCUT2D eigenvalue weighted by atomic mass is 9.33. The molecule has 0 N–H and O–H groups in total. The van der Waals surface area contributed by atoms with Crippen molar-refractivity contribution >= 4 is 135 Å². The monoisotopic (exact) mass is 1470 g/mol. The molecule has 0 bridgehead atoms. The van der Waals surface area contributed by atoms with Gasteiger partial charge in [0.25, 0.3) is 6.71 Å². The lowest BCUT2D eigenvalue weighted by molar-refractivity contribution is 0.590. The normalized spacial score (nSPS) is 14.1. The third-order valence-electron chi connectivity index (χ3n) is 25.1. The van der Waals surface area contributed by atoms with E-state index in [0.717, 1.165) is 134 Å². The van der Waals surface area contributed by atoms with Crippen LogP contribution in [-0.4, -0.2) is 6.71 Å². The number of anilines is 12. The molecule has 0 fully saturated rings. The van der Waals surface area contributed by atoms with Gasteiger partial charge in [0, 0.05) is 56.0 Å². The number of furan rings is 2. The Balaban J connectivity index is 0.858. The molecule has 6 nitrogen and oxygen atoms in total. The van der Waals surface area contributed by atoms with Gasteiger partial charge in [0.05, 0.1) is 55.7 Å². The highest BCUT2D eigenvalue weighted by Crippen LogP contribution is 2.62. The van der Waals surface area contributed by atoms with E-state index in [1.165, 1.54) is 66.5 Å². The predicted octanol–water partition coefficient (Wildman–Crippen LogP) is 26.5. The summed E-state index contributed by atoms with van der Waals surface area (Å²) >= 11 is 0. The third kappa shape index (κ3) is 9.65. The first-order valence-electron chi connectivity index (χ1n) is 40.0. The van der Waals surface area contributed by atoms with E-state index in [0.29, 0.717) is 0 Å². The number of para-hydroxylation sites is 6. The number of hydrogen-bond donors (Lipinski definition) is 0. The van der Waals surface area contributed by atoms with Gasteiger partial charge in [-0.15, -0.1) is 0 Å². The van der Waals surface area contributed by atoms with E-state index in [-0.39, 0.29) is 6.71 Å². The van der Waals surface area contributed by atoms with Crippen LogP contribution in [0.1, 0.15) is 70.8 Å². The highest BCUT2D eigenvalue weighted by Gasteiger charge is 2.51. The molecule has 0 saturated heterocycles. The van der Waals surface area contributed by atoms with Gasteiger partial charge in [-0.2, -0.15) is 0 Å². The smallest absolute Gasteiger partial charge is 0.252 e. The van der Waals surface area contributed by atoms with E-state index in [4.69, 9.17) is 8.83 Å². The van der Waals surface area contributed by atoms with Crippen molar-refractivity contribution in [2.45, 2.75) is 37.0 Å². The Kier molecular flexibility index (Phi) is 14.8. The number of hydrogen-bond acceptors (Lipinski definition) is 6. The third-order valence-corrected chi connectivity index (χ3v) is 25.1. The average molecular weight is 1470 g/mol. The minimum absolute atomic E-state index is 0.338. The summed E-state index contributed by atoms with van der Waals surface area (Å²) in [6.07, 6.45) is 0. The fourth-order valence-corrected chi connectivity index (χ4v) is 20.3. The lowest BCUT2D eigenvalue weighted by Gasteiger charge is -2.48. The number of fused-ring (bicyclic) bond motifs is 14. The zero-order valence-electron chi connectivity index (χ0n) is 63.8. The summed E-state index contributed by atoms with van der Waals surface area (Å²) in [6.45, 7) is 6.80. The van der Waals surface area contributed by atoms with Crippen LogP contribution in [0.4, 0.5) is 68.2 Å². The molecule has 0 radical (unpaired) electrons. The standard InChI is InChI=1S/C108H75BN4O2/c1-106(2,3)76-66-95-103-96(67-76)113(105-80(71-36-12-5-13-37-71)61-65-100-102(105)82-47-23-33-57-98(82)115-100)94-69-78(111-91-54-30-26-50-85(91)108(74-42-18-8-19-43-74,75-44-20-9-21-45-75)86-51-27-31-55-92(86)111)59-63-88(94)109(103)87-62-58-77(68-93(87)112(95)104-79(70-34-10-4-11-35-70)60-64-99-101(104)81-46-22-32-56-97(81)114-99)110-89-52-28-24-48-83(89)107(72-38-14-6-15-39-72,73-40-16-7-17-41-73)84-49-25-29-53-90(84)110/h4-69H,1-3H3. The van der Waals surface area contributed by atoms with Gasteiger partial charge in [-0.3, -0.25) is 0 Å². The topological polar surface area (TPSA) is 39.2 Å². The molecule has 6 heterocycles. The van der Waals surface area contributed by atoms with Crippen molar-refractivity contribution in [1.29, 1.82) is 0 Å². The molecule has 0 amide bonds. The molecule has 0 unspecified atom stereocenters. The van der Waals surface area contributed by atoms with Gasteiger partial charge in [-0.05, 0) is 180 Å². The van der Waals surface area contributed by atoms with Crippen molar-refractivity contribution in [3.8, 4) is 22.3 Å². The fraction of sp³-hybridized carbons (Fsp3) is 0.0556. The molecule has 4 aliphatic heterocycles. The van der Waals surface area contributed by atoms with E-state index >= 15 is 0 Å². The van der Waals surface area contributed by atoms with E-state index in [1.807, 2.05) is 0 Å². The quantitative estimate of drug-likeness (QED) is 0.127. The van der Waals surface area contributed by atoms with E-state index in [2.05, 4.69) is 441 Å². The molecule has 115 heavy (non-hydrogen) atoms. The lowest BCUT2D eigenvalue weighted by Crippen LogP contribution is -2.61. The minimum Gasteiger partial charge on any atom is -0.456 e. The second-order valence-corrected chi connectivity index (χ2v) is 32.1. The summed E-state index contributed by atoms with van der Waals surface area (Å²) in [6, 6.07) is 149. The Labute approximate surface area is 669 Å². The van der Waals surface area contributed by atoms with Crippen molar-refractivity contribution in [1.82, 2.24) is 0 Å². The molecule has 0 aliphatic carbocycles. The number of rotatable bonds is 10. The van der Waals surface area contributed by atoms with Gasteiger partial charge in [0.2, 0.25) is 0 Å². The summed E-state index contributed by atoms with van der Waals surface area (Å²) in [5.41, 5.74) is 33.0. The Hall–Kier alpha value is -14.4. The molecule has 0 atom stereocenters. The van der Waals surface area contributed by atoms with Crippen molar-refractivity contribution in [3.05, 3.63) is 450 Å². The maximum absolute atomic E-state index is 7.15. The second kappa shape index (κ2) is 25.6. The van der Waals surface area contributed by atoms with Crippen molar-refractivity contribution in [2.24, 2.45) is 0 Å². The van der Waals surface area contributed by atoms with Crippen molar-refractivity contribution in [2.75, 3.05) is 19.6 Å². The van der Waals surface area contributed by atoms with Crippen LogP contribution in [0.5, 0.6) is 0 Å². The molecular formula is C108H75BN4O2. The van der Waals surface area contributed by atoms with Crippen LogP contribution in [0.2, 0.25) is 0 Å². The second-order valence-electron chi connectivity index (χ2n) is 32.1. The van der Waals surface area contributed by atoms with Gasteiger partial charge in [-0.25, -0.2) is 0 Å². The Bertz CT molecular complexity index is 6520. The Morgan fingerprint density at radius 1 is 0.261 bits per heavy atom. The van der Waals surface area contributed by atoms with Crippen LogP contribution in [-0.2, 0) is 16.2 Å². The van der Waals surface area contributed by atoms with Gasteiger partial charge in [0.15, 0.2) is 0 Å². The summed E-state index contributed by atoms with van der Waals surface area (Å²) in [7, 11) is 0. The molecule has 0 saturated carbocycles. The molecule has 17 aromatic carbocycles. The van der Waals surface area contributed by atoms with E-state index in [9.17, 15) is 0 Å². The molecule has 4 aliphatic rings. The van der Waals surface area contributed by atoms with Crippen molar-refractivity contribution < 1.29 is 8.83 Å². The first kappa shape index (κ1) is 66.4. The highest BCUT2D eigenvalue weighted by atomic mass is 16.3. The first-order chi connectivity index (χ1) is 56.7. The largest absolute Gasteiger partial charge is 0.456 e. The molecular weight excluding hydrogens is 1400 g/mol. The summed E-state index contributed by atoms with van der Waals surface area (Å²) in [5.74, 6) is 0. The predicted molar refractivity (Wildman–Crippen MR) is 478 cm³/mol. The van der Waals surface area contributed by atoms with E-state index < -0.39 is 16.2 Å². The SMILES string of the molecule is CC(C)(C)c1cc2c3c(c1)N(c1c(-c4ccccc4)ccc4oc5ccccc5c14)c1cc(N4c5ccccc5C(c5ccccc5)(c5ccccc5)c5ccccc54)ccc1B3c1ccc(N3c4ccccc4C(c4ccccc4)(c4ccccc4)c4ccccc43)cc1N2c1c(-c2ccccc2)ccc2oc3ccccc3c12. The number of nitrogens with zero attached hydrogens (tertiary/aromatic N) is 4. The van der Waals surface area contributed by atoms with Gasteiger partial charge in [-0.1, -0.05) is 324 Å². The van der Waals surface area contributed by atoms with Crippen LogP contribution < -0.4 is 36.0 Å². The maximum atomic E-state index is 7.15. The maximum Gasteiger partial charge on any atom is 0.252 e. The molecule has 542 valence electrons.